The molecule has 3 nitrogen and oxygen atoms in total. The lowest BCUT2D eigenvalue weighted by atomic mass is 9.43. The third-order valence-electron chi connectivity index (χ3n) is 3.70. The first-order valence-corrected chi connectivity index (χ1v) is 5.39. The first-order valence-electron chi connectivity index (χ1n) is 8.39. The molecule has 0 saturated heterocycles. The van der Waals surface area contributed by atoms with Crippen LogP contribution in [-0.2, 0) is 0 Å². The fourth-order valence-corrected chi connectivity index (χ4v) is 3.85. The van der Waals surface area contributed by atoms with Crippen LogP contribution in [0.25, 0.3) is 10.4 Å². The van der Waals surface area contributed by atoms with Gasteiger partial charge in [0.05, 0.1) is 5.54 Å². The maximum Gasteiger partial charge on any atom is 0.0501 e. The lowest BCUT2D eigenvalue weighted by molar-refractivity contribution is -0.104. The molecule has 0 aliphatic heterocycles. The number of nitrogens with zero attached hydrogens (tertiary/aromatic N) is 3. The van der Waals surface area contributed by atoms with E-state index >= 15 is 0 Å². The van der Waals surface area contributed by atoms with E-state index in [1.165, 1.54) is 0 Å². The molecule has 4 atom stereocenters. The second-order valence-electron chi connectivity index (χ2n) is 5.56. The molecule has 0 aromatic rings. The zero-order valence-electron chi connectivity index (χ0n) is 15.0. The van der Waals surface area contributed by atoms with Crippen LogP contribution in [0.3, 0.4) is 0 Å². The second-order valence-corrected chi connectivity index (χ2v) is 5.56. The summed E-state index contributed by atoms with van der Waals surface area (Å²) in [5, 5.41) is 3.76. The van der Waals surface area contributed by atoms with Gasteiger partial charge in [0.25, 0.3) is 0 Å². The molecule has 0 spiro atoms. The normalized spacial score (nSPS) is 72.5. The van der Waals surface area contributed by atoms with Crippen molar-refractivity contribution in [3.05, 3.63) is 10.4 Å². The van der Waals surface area contributed by atoms with Crippen molar-refractivity contribution in [3.8, 4) is 0 Å². The summed E-state index contributed by atoms with van der Waals surface area (Å²) in [6, 6.07) is 0. The van der Waals surface area contributed by atoms with E-state index in [0.717, 1.165) is 0 Å². The van der Waals surface area contributed by atoms with E-state index in [9.17, 15) is 0 Å². The molecular weight excluding hydrogens is 186 g/mol. The Labute approximate surface area is 99.3 Å². The highest BCUT2D eigenvalue weighted by atomic mass is 15.2. The van der Waals surface area contributed by atoms with Gasteiger partial charge < -0.3 is 0 Å². The molecule has 4 rings (SSSR count). The van der Waals surface area contributed by atoms with Gasteiger partial charge in [0, 0.05) is 13.1 Å². The SMILES string of the molecule is [2H]C1([2H])C2CC3(N=[N+]=[N-])CC1(C)C([2H])([2H])C(C)(C2)C3([2H])[2H]. The molecule has 0 N–H and O–H groups in total. The van der Waals surface area contributed by atoms with Gasteiger partial charge in [-0.2, -0.15) is 0 Å². The van der Waals surface area contributed by atoms with Crippen LogP contribution in [0.15, 0.2) is 5.11 Å². The summed E-state index contributed by atoms with van der Waals surface area (Å²) in [6.45, 7) is 3.10. The molecular formula is C12H19N3. The van der Waals surface area contributed by atoms with E-state index in [2.05, 4.69) is 10.0 Å². The Morgan fingerprint density at radius 3 is 2.87 bits per heavy atom. The average molecular weight is 211 g/mol. The van der Waals surface area contributed by atoms with Crippen molar-refractivity contribution in [2.24, 2.45) is 21.9 Å². The Morgan fingerprint density at radius 2 is 2.13 bits per heavy atom. The largest absolute Gasteiger partial charge is 0.0872 e. The van der Waals surface area contributed by atoms with Gasteiger partial charge in [-0.1, -0.05) is 19.0 Å². The first kappa shape index (κ1) is 5.09. The number of hydrogen-bond acceptors (Lipinski definition) is 1. The molecule has 3 heteroatoms. The predicted octanol–water partition coefficient (Wildman–Crippen LogP) is 4.05. The van der Waals surface area contributed by atoms with Crippen molar-refractivity contribution in [1.29, 1.82) is 0 Å². The Kier molecular flexibility index (Phi) is 0.855. The Hall–Kier alpha value is -0.690. The fourth-order valence-electron chi connectivity index (χ4n) is 3.85. The average Bonchev–Trinajstić information content (AvgIpc) is 2.32. The quantitative estimate of drug-likeness (QED) is 0.357. The first-order chi connectivity index (χ1) is 9.33. The van der Waals surface area contributed by atoms with Crippen LogP contribution >= 0.6 is 0 Å². The molecule has 4 fully saturated rings. The van der Waals surface area contributed by atoms with Gasteiger partial charge >= 0.3 is 0 Å². The van der Waals surface area contributed by atoms with Gasteiger partial charge in [-0.25, -0.2) is 0 Å². The van der Waals surface area contributed by atoms with Crippen LogP contribution in [0.1, 0.15) is 60.5 Å². The van der Waals surface area contributed by atoms with Crippen LogP contribution in [0.2, 0.25) is 0 Å². The van der Waals surface area contributed by atoms with Gasteiger partial charge in [0.2, 0.25) is 0 Å². The lowest BCUT2D eigenvalue weighted by Gasteiger charge is -2.64. The Morgan fingerprint density at radius 1 is 1.33 bits per heavy atom. The van der Waals surface area contributed by atoms with Crippen molar-refractivity contribution in [2.75, 3.05) is 0 Å². The van der Waals surface area contributed by atoms with Crippen molar-refractivity contribution in [1.82, 2.24) is 0 Å². The monoisotopic (exact) mass is 211 g/mol. The summed E-state index contributed by atoms with van der Waals surface area (Å²) < 4.78 is 50.9. The number of hydrogen-bond donors (Lipinski definition) is 0. The minimum absolute atomic E-state index is 0.0941. The Balaban J connectivity index is 2.34. The summed E-state index contributed by atoms with van der Waals surface area (Å²) in [5.41, 5.74) is 4.80. The van der Waals surface area contributed by atoms with Crippen LogP contribution in [0, 0.1) is 16.7 Å². The Bertz CT molecular complexity index is 565. The topological polar surface area (TPSA) is 48.8 Å². The molecule has 4 aliphatic carbocycles. The van der Waals surface area contributed by atoms with E-state index in [-0.39, 0.29) is 19.3 Å². The van der Waals surface area contributed by atoms with Gasteiger partial charge in [0.1, 0.15) is 0 Å². The van der Waals surface area contributed by atoms with Gasteiger partial charge in [-0.05, 0) is 60.7 Å². The maximum atomic E-state index is 8.89. The van der Waals surface area contributed by atoms with Crippen molar-refractivity contribution in [3.63, 3.8) is 0 Å². The molecule has 0 amide bonds. The van der Waals surface area contributed by atoms with Crippen LogP contribution in [0.4, 0.5) is 0 Å². The molecule has 0 aromatic heterocycles. The third-order valence-corrected chi connectivity index (χ3v) is 3.70. The van der Waals surface area contributed by atoms with E-state index < -0.39 is 41.4 Å². The fraction of sp³-hybridized carbons (Fsp3) is 1.00. The summed E-state index contributed by atoms with van der Waals surface area (Å²) in [7, 11) is 0. The number of rotatable bonds is 1. The smallest absolute Gasteiger partial charge is 0.0501 e. The second kappa shape index (κ2) is 2.52. The third kappa shape index (κ3) is 1.29. The van der Waals surface area contributed by atoms with E-state index in [4.69, 9.17) is 13.8 Å². The minimum atomic E-state index is -2.02. The molecule has 15 heavy (non-hydrogen) atoms. The summed E-state index contributed by atoms with van der Waals surface area (Å²) in [6.07, 6.45) is -5.55. The van der Waals surface area contributed by atoms with Crippen molar-refractivity contribution < 1.29 is 8.22 Å². The molecule has 0 heterocycles. The highest BCUT2D eigenvalue weighted by molar-refractivity contribution is 5.14. The van der Waals surface area contributed by atoms with Crippen LogP contribution in [0.5, 0.6) is 0 Å². The molecule has 4 saturated carbocycles. The van der Waals surface area contributed by atoms with E-state index in [1.54, 1.807) is 13.8 Å². The van der Waals surface area contributed by atoms with Gasteiger partial charge in [-0.3, -0.25) is 0 Å². The highest BCUT2D eigenvalue weighted by Gasteiger charge is 2.59. The molecule has 4 aliphatic rings. The molecule has 4 bridgehead atoms. The van der Waals surface area contributed by atoms with Gasteiger partial charge in [-0.15, -0.1) is 0 Å². The van der Waals surface area contributed by atoms with E-state index in [0.29, 0.717) is 0 Å². The molecule has 82 valence electrons. The zero-order valence-corrected chi connectivity index (χ0v) is 9.04. The van der Waals surface area contributed by atoms with Crippen LogP contribution in [-0.4, -0.2) is 5.54 Å². The standard InChI is InChI=1S/C12H19N3/c1-10-3-9-4-11(2,6-10)8-12(5-9,7-10)14-15-13/h9H,3-8H2,1-2H3/i3D2,6D2,8D2. The van der Waals surface area contributed by atoms with Crippen LogP contribution < -0.4 is 0 Å². The lowest BCUT2D eigenvalue weighted by Crippen LogP contribution is -2.57. The summed E-state index contributed by atoms with van der Waals surface area (Å²) >= 11 is 0. The summed E-state index contributed by atoms with van der Waals surface area (Å²) in [4.78, 5) is 2.82. The van der Waals surface area contributed by atoms with Gasteiger partial charge in [0.15, 0.2) is 0 Å². The highest BCUT2D eigenvalue weighted by Crippen LogP contribution is 2.67. The number of azide groups is 1. The molecule has 0 radical (unpaired) electrons. The summed E-state index contributed by atoms with van der Waals surface area (Å²) in [5.74, 6) is -0.487. The predicted molar refractivity (Wildman–Crippen MR) is 59.3 cm³/mol. The van der Waals surface area contributed by atoms with Crippen molar-refractivity contribution in [2.45, 2.75) is 57.8 Å². The van der Waals surface area contributed by atoms with Crippen molar-refractivity contribution >= 4 is 0 Å². The maximum absolute atomic E-state index is 8.89. The molecule has 4 unspecified atom stereocenters. The minimum Gasteiger partial charge on any atom is -0.0872 e. The molecule has 0 aromatic carbocycles. The van der Waals surface area contributed by atoms with E-state index in [1.807, 2.05) is 0 Å². The zero-order chi connectivity index (χ0) is 16.1.